The highest BCUT2D eigenvalue weighted by Gasteiger charge is 2.10. The third-order valence-electron chi connectivity index (χ3n) is 3.34. The molecule has 21 heavy (non-hydrogen) atoms. The monoisotopic (exact) mass is 283 g/mol. The molecule has 2 heterocycles. The predicted octanol–water partition coefficient (Wildman–Crippen LogP) is 2.52. The Morgan fingerprint density at radius 2 is 2.05 bits per heavy atom. The van der Waals surface area contributed by atoms with E-state index in [-0.39, 0.29) is 0 Å². The maximum Gasteiger partial charge on any atom is 0.165 e. The van der Waals surface area contributed by atoms with Crippen LogP contribution in [-0.4, -0.2) is 33.2 Å². The van der Waals surface area contributed by atoms with Crippen molar-refractivity contribution in [1.29, 1.82) is 0 Å². The molecule has 6 nitrogen and oxygen atoms in total. The first-order valence-electron chi connectivity index (χ1n) is 6.77. The van der Waals surface area contributed by atoms with Crippen molar-refractivity contribution in [3.63, 3.8) is 0 Å². The lowest BCUT2D eigenvalue weighted by Gasteiger charge is -2.08. The number of hydrogen-bond acceptors (Lipinski definition) is 5. The fourth-order valence-electron chi connectivity index (χ4n) is 2.17. The summed E-state index contributed by atoms with van der Waals surface area (Å²) in [6.45, 7) is 3.39. The van der Waals surface area contributed by atoms with E-state index in [9.17, 15) is 0 Å². The highest BCUT2D eigenvalue weighted by atomic mass is 16.5. The van der Waals surface area contributed by atoms with Gasteiger partial charge in [0.05, 0.1) is 12.9 Å². The van der Waals surface area contributed by atoms with Gasteiger partial charge in [0.2, 0.25) is 0 Å². The van der Waals surface area contributed by atoms with Gasteiger partial charge in [-0.1, -0.05) is 18.2 Å². The maximum atomic E-state index is 5.10. The molecule has 3 rings (SSSR count). The molecule has 0 radical (unpaired) electrons. The number of nitrogens with zero attached hydrogens (tertiary/aromatic N) is 4. The average Bonchev–Trinajstić information content (AvgIpc) is 2.92. The van der Waals surface area contributed by atoms with Gasteiger partial charge in [0.1, 0.15) is 6.33 Å². The molecule has 0 bridgehead atoms. The van der Waals surface area contributed by atoms with Crippen LogP contribution in [0.1, 0.15) is 5.56 Å². The number of para-hydroxylation sites is 1. The van der Waals surface area contributed by atoms with E-state index >= 15 is 0 Å². The second-order valence-corrected chi connectivity index (χ2v) is 4.77. The fraction of sp³-hybridized carbons (Fsp3) is 0.267. The van der Waals surface area contributed by atoms with Crippen LogP contribution in [0.15, 0.2) is 36.9 Å². The highest BCUT2D eigenvalue weighted by molar-refractivity contribution is 5.85. The molecule has 108 valence electrons. The van der Waals surface area contributed by atoms with Crippen molar-refractivity contribution in [3.8, 4) is 0 Å². The van der Waals surface area contributed by atoms with Crippen molar-refractivity contribution in [2.24, 2.45) is 0 Å². The number of ether oxygens (including phenoxy) is 1. The van der Waals surface area contributed by atoms with E-state index < -0.39 is 0 Å². The molecule has 0 unspecified atom stereocenters. The smallest absolute Gasteiger partial charge is 0.165 e. The van der Waals surface area contributed by atoms with Crippen molar-refractivity contribution in [1.82, 2.24) is 19.5 Å². The van der Waals surface area contributed by atoms with E-state index in [2.05, 4.69) is 33.3 Å². The van der Waals surface area contributed by atoms with Crippen LogP contribution in [0.2, 0.25) is 0 Å². The quantitative estimate of drug-likeness (QED) is 0.779. The van der Waals surface area contributed by atoms with Gasteiger partial charge in [-0.25, -0.2) is 15.0 Å². The Morgan fingerprint density at radius 3 is 2.86 bits per heavy atom. The number of fused-ring (bicyclic) bond motifs is 1. The molecule has 0 spiro atoms. The summed E-state index contributed by atoms with van der Waals surface area (Å²) in [6, 6.07) is 8.07. The first kappa shape index (κ1) is 13.5. The van der Waals surface area contributed by atoms with Crippen LogP contribution in [0.3, 0.4) is 0 Å². The summed E-state index contributed by atoms with van der Waals surface area (Å²) in [4.78, 5) is 13.0. The van der Waals surface area contributed by atoms with Crippen LogP contribution in [0.25, 0.3) is 11.2 Å². The zero-order valence-electron chi connectivity index (χ0n) is 12.1. The Bertz CT molecular complexity index is 753. The summed E-state index contributed by atoms with van der Waals surface area (Å²) < 4.78 is 7.06. The molecule has 2 aromatic heterocycles. The highest BCUT2D eigenvalue weighted by Crippen LogP contribution is 2.23. The number of nitrogens with one attached hydrogen (secondary N) is 1. The largest absolute Gasteiger partial charge is 0.383 e. The number of methoxy groups -OCH3 is 1. The van der Waals surface area contributed by atoms with Gasteiger partial charge in [-0.3, -0.25) is 0 Å². The van der Waals surface area contributed by atoms with Gasteiger partial charge >= 0.3 is 0 Å². The van der Waals surface area contributed by atoms with Crippen LogP contribution in [0, 0.1) is 6.92 Å². The van der Waals surface area contributed by atoms with Crippen molar-refractivity contribution in [2.45, 2.75) is 13.5 Å². The lowest BCUT2D eigenvalue weighted by molar-refractivity contribution is 0.188. The van der Waals surface area contributed by atoms with Gasteiger partial charge in [0.25, 0.3) is 0 Å². The van der Waals surface area contributed by atoms with Crippen molar-refractivity contribution in [2.75, 3.05) is 19.0 Å². The first-order valence-corrected chi connectivity index (χ1v) is 6.77. The number of imidazole rings is 1. The number of rotatable bonds is 5. The molecule has 1 aromatic carbocycles. The van der Waals surface area contributed by atoms with E-state index in [1.807, 2.05) is 22.8 Å². The molecule has 0 aliphatic heterocycles. The minimum atomic E-state index is 0.621. The summed E-state index contributed by atoms with van der Waals surface area (Å²) in [5.74, 6) is 0.713. The third-order valence-corrected chi connectivity index (χ3v) is 3.34. The molecule has 3 aromatic rings. The van der Waals surface area contributed by atoms with E-state index in [1.54, 1.807) is 19.8 Å². The van der Waals surface area contributed by atoms with Gasteiger partial charge in [-0.15, -0.1) is 0 Å². The zero-order valence-corrected chi connectivity index (χ0v) is 12.1. The molecule has 0 saturated carbocycles. The molecule has 0 atom stereocenters. The van der Waals surface area contributed by atoms with Crippen LogP contribution >= 0.6 is 0 Å². The third kappa shape index (κ3) is 2.71. The average molecular weight is 283 g/mol. The Labute approximate surface area is 122 Å². The summed E-state index contributed by atoms with van der Waals surface area (Å²) >= 11 is 0. The Morgan fingerprint density at radius 1 is 1.19 bits per heavy atom. The second-order valence-electron chi connectivity index (χ2n) is 4.77. The van der Waals surface area contributed by atoms with Crippen LogP contribution in [0.4, 0.5) is 11.5 Å². The lowest BCUT2D eigenvalue weighted by atomic mass is 10.2. The Kier molecular flexibility index (Phi) is 3.79. The Balaban J connectivity index is 1.96. The lowest BCUT2D eigenvalue weighted by Crippen LogP contribution is -2.04. The van der Waals surface area contributed by atoms with Gasteiger partial charge in [-0.2, -0.15) is 0 Å². The van der Waals surface area contributed by atoms with Gasteiger partial charge in [0.15, 0.2) is 17.0 Å². The van der Waals surface area contributed by atoms with Gasteiger partial charge in [-0.05, 0) is 18.6 Å². The number of aryl methyl sites for hydroxylation is 1. The van der Waals surface area contributed by atoms with E-state index in [4.69, 9.17) is 4.74 Å². The summed E-state index contributed by atoms with van der Waals surface area (Å²) in [6.07, 6.45) is 3.31. The van der Waals surface area contributed by atoms with Crippen molar-refractivity contribution in [3.05, 3.63) is 42.5 Å². The van der Waals surface area contributed by atoms with Crippen molar-refractivity contribution < 1.29 is 4.74 Å². The van der Waals surface area contributed by atoms with Crippen LogP contribution in [-0.2, 0) is 11.3 Å². The summed E-state index contributed by atoms with van der Waals surface area (Å²) in [5, 5.41) is 3.33. The fourth-order valence-corrected chi connectivity index (χ4v) is 2.17. The SMILES string of the molecule is COCCn1cnc2c(Nc3ccccc3C)ncnc21. The number of hydrogen-bond donors (Lipinski definition) is 1. The van der Waals surface area contributed by atoms with Gasteiger partial charge in [0, 0.05) is 19.3 Å². The predicted molar refractivity (Wildman–Crippen MR) is 81.7 cm³/mol. The summed E-state index contributed by atoms with van der Waals surface area (Å²) in [7, 11) is 1.68. The second kappa shape index (κ2) is 5.88. The maximum absolute atomic E-state index is 5.10. The first-order chi connectivity index (χ1) is 10.3. The molecule has 0 aliphatic rings. The molecule has 6 heteroatoms. The normalized spacial score (nSPS) is 11.0. The molecule has 0 amide bonds. The van der Waals surface area contributed by atoms with E-state index in [0.717, 1.165) is 22.4 Å². The molecular formula is C15H17N5O. The van der Waals surface area contributed by atoms with Crippen molar-refractivity contribution >= 4 is 22.7 Å². The zero-order chi connectivity index (χ0) is 14.7. The Hall–Kier alpha value is -2.47. The molecular weight excluding hydrogens is 266 g/mol. The summed E-state index contributed by atoms with van der Waals surface area (Å²) in [5.41, 5.74) is 3.74. The topological polar surface area (TPSA) is 64.9 Å². The van der Waals surface area contributed by atoms with E-state index in [1.165, 1.54) is 0 Å². The van der Waals surface area contributed by atoms with Crippen LogP contribution < -0.4 is 5.32 Å². The number of aromatic nitrogens is 4. The molecule has 0 aliphatic carbocycles. The molecule has 1 N–H and O–H groups in total. The van der Waals surface area contributed by atoms with Gasteiger partial charge < -0.3 is 14.6 Å². The number of benzene rings is 1. The number of anilines is 2. The minimum Gasteiger partial charge on any atom is -0.383 e. The minimum absolute atomic E-state index is 0.621. The van der Waals surface area contributed by atoms with E-state index in [0.29, 0.717) is 19.0 Å². The molecule has 0 saturated heterocycles. The standard InChI is InChI=1S/C15H17N5O/c1-11-5-3-4-6-12(11)19-14-13-15(17-9-16-14)20(10-18-13)7-8-21-2/h3-6,9-10H,7-8H2,1-2H3,(H,16,17,19). The van der Waals surface area contributed by atoms with Crippen LogP contribution in [0.5, 0.6) is 0 Å². The molecule has 0 fully saturated rings.